The SMILES string of the molecule is CCCCCCCCCN=Cc1c(O)[nH]c2ccc(S(=O)(=O)N(CC(C)C)C[C@@H](O)[C@H](Cc3ccccc3)NC(=O)O[C@H]3COC4OCCC43)cc12. The van der Waals surface area contributed by atoms with Gasteiger partial charge in [-0.1, -0.05) is 89.6 Å². The summed E-state index contributed by atoms with van der Waals surface area (Å²) in [5, 5.41) is 25.7. The fraction of sp³-hybridized carbons (Fsp3) is 0.590. The highest BCUT2D eigenvalue weighted by atomic mass is 32.2. The zero-order valence-corrected chi connectivity index (χ0v) is 31.5. The Labute approximate surface area is 308 Å². The van der Waals surface area contributed by atoms with Gasteiger partial charge in [0.15, 0.2) is 12.2 Å². The molecule has 1 amide bonds. The number of carbonyl (C=O) groups is 1. The van der Waals surface area contributed by atoms with Gasteiger partial charge in [-0.2, -0.15) is 4.31 Å². The van der Waals surface area contributed by atoms with Gasteiger partial charge in [-0.15, -0.1) is 0 Å². The standard InChI is InChI=1S/C39H56N4O8S/c1-4-5-6-7-8-9-13-19-40-23-32-31-22-29(16-17-33(31)41-37(32)45)52(47,48)43(24-27(2)3)25-35(44)34(21-28-14-11-10-12-15-28)42-39(46)51-36-26-50-38-30(36)18-20-49-38/h10-12,14-17,22-23,27,30,34-36,38,41,44-45H,4-9,13,18-21,24-26H2,1-3H3,(H,42,46)/t30?,34-,35+,36-,38?/m0/s1. The molecule has 0 bridgehead atoms. The number of aromatic nitrogens is 1. The zero-order chi connectivity index (χ0) is 37.1. The van der Waals surface area contributed by atoms with Crippen molar-refractivity contribution in [1.29, 1.82) is 0 Å². The van der Waals surface area contributed by atoms with Crippen molar-refractivity contribution in [3.05, 3.63) is 59.7 Å². The number of hydrogen-bond acceptors (Lipinski definition) is 9. The molecule has 3 heterocycles. The van der Waals surface area contributed by atoms with E-state index in [1.807, 2.05) is 44.2 Å². The normalized spacial score (nSPS) is 20.2. The van der Waals surface area contributed by atoms with Gasteiger partial charge in [0.2, 0.25) is 10.0 Å². The minimum Gasteiger partial charge on any atom is -0.494 e. The number of hydrogen-bond donors (Lipinski definition) is 4. The highest BCUT2D eigenvalue weighted by molar-refractivity contribution is 7.89. The van der Waals surface area contributed by atoms with Crippen LogP contribution in [-0.4, -0.2) is 97.6 Å². The lowest BCUT2D eigenvalue weighted by atomic mass is 10.0. The second-order valence-corrected chi connectivity index (χ2v) is 16.4. The van der Waals surface area contributed by atoms with Crippen LogP contribution in [0.2, 0.25) is 0 Å². The number of aliphatic imine (C=N–C) groups is 1. The Morgan fingerprint density at radius 1 is 1.08 bits per heavy atom. The molecule has 2 aliphatic rings. The van der Waals surface area contributed by atoms with E-state index in [1.165, 1.54) is 48.5 Å². The van der Waals surface area contributed by atoms with Crippen LogP contribution < -0.4 is 5.32 Å². The van der Waals surface area contributed by atoms with Gasteiger partial charge in [0.05, 0.1) is 41.7 Å². The zero-order valence-electron chi connectivity index (χ0n) is 30.7. The second kappa shape index (κ2) is 19.0. The van der Waals surface area contributed by atoms with Gasteiger partial charge < -0.3 is 34.7 Å². The molecule has 1 aromatic heterocycles. The van der Waals surface area contributed by atoms with Crippen molar-refractivity contribution in [2.24, 2.45) is 16.8 Å². The number of nitrogens with one attached hydrogen (secondary N) is 2. The number of sulfonamides is 1. The molecule has 2 saturated heterocycles. The van der Waals surface area contributed by atoms with Crippen LogP contribution >= 0.6 is 0 Å². The summed E-state index contributed by atoms with van der Waals surface area (Å²) < 4.78 is 46.8. The third kappa shape index (κ3) is 10.6. The van der Waals surface area contributed by atoms with Crippen molar-refractivity contribution in [2.45, 2.75) is 108 Å². The molecule has 3 aromatic rings. The maximum atomic E-state index is 14.3. The summed E-state index contributed by atoms with van der Waals surface area (Å²) in [7, 11) is -4.14. The Hall–Kier alpha value is -3.49. The molecule has 5 atom stereocenters. The predicted molar refractivity (Wildman–Crippen MR) is 201 cm³/mol. The van der Waals surface area contributed by atoms with E-state index in [0.717, 1.165) is 24.8 Å². The highest BCUT2D eigenvalue weighted by Gasteiger charge is 2.44. The monoisotopic (exact) mass is 740 g/mol. The van der Waals surface area contributed by atoms with Gasteiger partial charge in [-0.25, -0.2) is 13.2 Å². The molecular formula is C39H56N4O8S. The van der Waals surface area contributed by atoms with E-state index in [4.69, 9.17) is 14.2 Å². The molecule has 13 heteroatoms. The summed E-state index contributed by atoms with van der Waals surface area (Å²) in [6.45, 7) is 7.26. The van der Waals surface area contributed by atoms with Gasteiger partial charge >= 0.3 is 6.09 Å². The average Bonchev–Trinajstić information content (AvgIpc) is 3.82. The van der Waals surface area contributed by atoms with Crippen LogP contribution in [0, 0.1) is 11.8 Å². The number of nitrogens with zero attached hydrogens (tertiary/aromatic N) is 2. The van der Waals surface area contributed by atoms with E-state index in [0.29, 0.717) is 29.6 Å². The lowest BCUT2D eigenvalue weighted by Gasteiger charge is -2.31. The minimum atomic E-state index is -4.14. The number of carbonyl (C=O) groups excluding carboxylic acids is 1. The van der Waals surface area contributed by atoms with Crippen molar-refractivity contribution in [3.8, 4) is 5.88 Å². The van der Waals surface area contributed by atoms with Crippen molar-refractivity contribution < 1.29 is 37.6 Å². The minimum absolute atomic E-state index is 0.0233. The summed E-state index contributed by atoms with van der Waals surface area (Å²) >= 11 is 0. The molecule has 286 valence electrons. The Bertz CT molecular complexity index is 1710. The number of aromatic amines is 1. The van der Waals surface area contributed by atoms with Crippen LogP contribution in [0.15, 0.2) is 58.4 Å². The second-order valence-electron chi connectivity index (χ2n) is 14.4. The Kier molecular flexibility index (Phi) is 14.5. The van der Waals surface area contributed by atoms with Crippen molar-refractivity contribution in [3.63, 3.8) is 0 Å². The van der Waals surface area contributed by atoms with Crippen molar-refractivity contribution in [2.75, 3.05) is 32.8 Å². The average molecular weight is 741 g/mol. The number of rotatable bonds is 20. The first-order chi connectivity index (χ1) is 25.1. The maximum absolute atomic E-state index is 14.3. The Morgan fingerprint density at radius 3 is 2.58 bits per heavy atom. The van der Waals surface area contributed by atoms with Gasteiger partial charge in [0.1, 0.15) is 6.10 Å². The fourth-order valence-corrected chi connectivity index (χ4v) is 8.62. The first kappa shape index (κ1) is 39.7. The molecule has 2 aromatic carbocycles. The number of aliphatic hydroxyl groups excluding tert-OH is 1. The molecule has 0 aliphatic carbocycles. The Balaban J connectivity index is 1.31. The molecule has 12 nitrogen and oxygen atoms in total. The number of aromatic hydroxyl groups is 1. The fourth-order valence-electron chi connectivity index (χ4n) is 6.97. The quantitative estimate of drug-likeness (QED) is 0.0792. The molecule has 52 heavy (non-hydrogen) atoms. The number of H-pyrrole nitrogens is 1. The molecular weight excluding hydrogens is 685 g/mol. The van der Waals surface area contributed by atoms with E-state index in [9.17, 15) is 23.4 Å². The number of amides is 1. The molecule has 0 spiro atoms. The number of unbranched alkanes of at least 4 members (excludes halogenated alkanes) is 6. The van der Waals surface area contributed by atoms with E-state index < -0.39 is 34.4 Å². The van der Waals surface area contributed by atoms with Gasteiger partial charge in [-0.05, 0) is 48.9 Å². The van der Waals surface area contributed by atoms with E-state index in [1.54, 1.807) is 12.3 Å². The van der Waals surface area contributed by atoms with Gasteiger partial charge in [-0.3, -0.25) is 4.99 Å². The predicted octanol–water partition coefficient (Wildman–Crippen LogP) is 6.15. The molecule has 4 N–H and O–H groups in total. The highest BCUT2D eigenvalue weighted by Crippen LogP contribution is 2.33. The molecule has 2 fully saturated rings. The molecule has 2 unspecified atom stereocenters. The first-order valence-corrected chi connectivity index (χ1v) is 20.3. The lowest BCUT2D eigenvalue weighted by Crippen LogP contribution is -2.51. The topological polar surface area (TPSA) is 163 Å². The Morgan fingerprint density at radius 2 is 1.83 bits per heavy atom. The first-order valence-electron chi connectivity index (χ1n) is 18.8. The molecule has 0 saturated carbocycles. The summed E-state index contributed by atoms with van der Waals surface area (Å²) in [6.07, 6.45) is 7.92. The third-order valence-corrected chi connectivity index (χ3v) is 11.6. The van der Waals surface area contributed by atoms with Crippen LogP contribution in [0.5, 0.6) is 5.88 Å². The maximum Gasteiger partial charge on any atom is 0.407 e. The van der Waals surface area contributed by atoms with E-state index in [2.05, 4.69) is 22.2 Å². The summed E-state index contributed by atoms with van der Waals surface area (Å²) in [5.41, 5.74) is 1.87. The van der Waals surface area contributed by atoms with Crippen LogP contribution in [0.25, 0.3) is 10.9 Å². The van der Waals surface area contributed by atoms with Gasteiger partial charge in [0.25, 0.3) is 0 Å². The van der Waals surface area contributed by atoms with Crippen LogP contribution in [0.4, 0.5) is 4.79 Å². The van der Waals surface area contributed by atoms with Crippen LogP contribution in [0.3, 0.4) is 0 Å². The van der Waals surface area contributed by atoms with Crippen molar-refractivity contribution >= 4 is 33.2 Å². The van der Waals surface area contributed by atoms with Gasteiger partial charge in [0, 0.05) is 36.8 Å². The molecule has 5 rings (SSSR count). The number of ether oxygens (including phenoxy) is 3. The number of alkyl carbamates (subject to hydrolysis) is 1. The molecule has 0 radical (unpaired) electrons. The number of fused-ring (bicyclic) bond motifs is 2. The van der Waals surface area contributed by atoms with E-state index >= 15 is 0 Å². The summed E-state index contributed by atoms with van der Waals surface area (Å²) in [5.74, 6) is -0.193. The largest absolute Gasteiger partial charge is 0.494 e. The molecule has 2 aliphatic heterocycles. The van der Waals surface area contributed by atoms with Crippen LogP contribution in [-0.2, 0) is 30.7 Å². The summed E-state index contributed by atoms with van der Waals surface area (Å²) in [4.78, 5) is 20.7. The van der Waals surface area contributed by atoms with Crippen LogP contribution in [0.1, 0.15) is 83.3 Å². The smallest absolute Gasteiger partial charge is 0.407 e. The van der Waals surface area contributed by atoms with E-state index in [-0.39, 0.29) is 55.0 Å². The lowest BCUT2D eigenvalue weighted by molar-refractivity contribution is -0.0907. The summed E-state index contributed by atoms with van der Waals surface area (Å²) in [6, 6.07) is 13.2. The number of benzene rings is 2. The van der Waals surface area contributed by atoms with Crippen molar-refractivity contribution in [1.82, 2.24) is 14.6 Å². The number of aliphatic hydroxyl groups is 1. The third-order valence-electron chi connectivity index (χ3n) is 9.81.